The predicted octanol–water partition coefficient (Wildman–Crippen LogP) is 3.83. The zero-order valence-corrected chi connectivity index (χ0v) is 18.1. The van der Waals surface area contributed by atoms with Gasteiger partial charge in [-0.15, -0.1) is 11.3 Å². The van der Waals surface area contributed by atoms with E-state index in [0.29, 0.717) is 13.1 Å². The van der Waals surface area contributed by atoms with Crippen molar-refractivity contribution in [2.24, 2.45) is 4.99 Å². The van der Waals surface area contributed by atoms with Gasteiger partial charge in [0.1, 0.15) is 16.9 Å². The summed E-state index contributed by atoms with van der Waals surface area (Å²) in [4.78, 5) is 11.0. The first-order valence-electron chi connectivity index (χ1n) is 8.19. The average molecular weight is 441 g/mol. The molecule has 6 nitrogen and oxygen atoms in total. The van der Waals surface area contributed by atoms with Crippen LogP contribution in [0.2, 0.25) is 0 Å². The fraction of sp³-hybridized carbons (Fsp3) is 0.444. The van der Waals surface area contributed by atoms with E-state index >= 15 is 0 Å². The first-order valence-corrected chi connectivity index (χ1v) is 9.87. The number of nitrogens with one attached hydrogen (secondary N) is 1. The molecule has 0 radical (unpaired) electrons. The van der Waals surface area contributed by atoms with Crippen LogP contribution in [0, 0.1) is 0 Å². The Morgan fingerprint density at radius 1 is 1.42 bits per heavy atom. The van der Waals surface area contributed by atoms with Crippen molar-refractivity contribution < 1.29 is 9.47 Å². The van der Waals surface area contributed by atoms with E-state index in [9.17, 15) is 0 Å². The van der Waals surface area contributed by atoms with Gasteiger partial charge in [0, 0.05) is 33.1 Å². The number of aromatic nitrogens is 1. The van der Waals surface area contributed by atoms with Crippen LogP contribution in [0.25, 0.3) is 0 Å². The maximum atomic E-state index is 5.32. The number of rotatable bonds is 7. The van der Waals surface area contributed by atoms with Gasteiger partial charge in [-0.2, -0.15) is 0 Å². The molecule has 142 valence electrons. The lowest BCUT2D eigenvalue weighted by molar-refractivity contribution is 0.119. The molecule has 0 aliphatic rings. The Labute approximate surface area is 167 Å². The van der Waals surface area contributed by atoms with Crippen molar-refractivity contribution in [1.29, 1.82) is 0 Å². The number of ether oxygens (including phenoxy) is 2. The molecule has 0 aliphatic heterocycles. The van der Waals surface area contributed by atoms with Crippen molar-refractivity contribution in [2.45, 2.75) is 26.1 Å². The van der Waals surface area contributed by atoms with E-state index in [0.717, 1.165) is 32.4 Å². The lowest BCUT2D eigenvalue weighted by atomic mass is 10.2. The Hall–Kier alpha value is -1.64. The molecule has 0 fully saturated rings. The monoisotopic (exact) mass is 440 g/mol. The predicted molar refractivity (Wildman–Crippen MR) is 110 cm³/mol. The normalized spacial score (nSPS) is 12.8. The number of hydrogen-bond acceptors (Lipinski definition) is 5. The molecule has 1 N–H and O–H groups in total. The molecule has 2 aromatic rings. The lowest BCUT2D eigenvalue weighted by Crippen LogP contribution is -2.38. The minimum atomic E-state index is 0.0185. The maximum Gasteiger partial charge on any atom is 0.194 e. The maximum absolute atomic E-state index is 5.32. The number of nitrogens with zero attached hydrogens (tertiary/aromatic N) is 3. The van der Waals surface area contributed by atoms with E-state index in [1.807, 2.05) is 32.2 Å². The Kier molecular flexibility index (Phi) is 7.86. The number of hydrogen-bond donors (Lipinski definition) is 1. The zero-order chi connectivity index (χ0) is 19.1. The molecule has 1 aromatic heterocycles. The third kappa shape index (κ3) is 5.43. The highest BCUT2D eigenvalue weighted by atomic mass is 79.9. The second-order valence-electron chi connectivity index (χ2n) is 5.78. The Morgan fingerprint density at radius 3 is 2.81 bits per heavy atom. The number of halogens is 1. The van der Waals surface area contributed by atoms with Gasteiger partial charge >= 0.3 is 0 Å². The van der Waals surface area contributed by atoms with Crippen LogP contribution in [-0.4, -0.2) is 44.2 Å². The van der Waals surface area contributed by atoms with Crippen molar-refractivity contribution in [1.82, 2.24) is 15.2 Å². The highest BCUT2D eigenvalue weighted by Crippen LogP contribution is 2.25. The topological polar surface area (TPSA) is 59.0 Å². The number of benzene rings is 1. The molecule has 0 aliphatic carbocycles. The van der Waals surface area contributed by atoms with Gasteiger partial charge in [0.25, 0.3) is 0 Å². The summed E-state index contributed by atoms with van der Waals surface area (Å²) in [6.45, 7) is 3.35. The molecule has 8 heteroatoms. The van der Waals surface area contributed by atoms with Gasteiger partial charge in [0.15, 0.2) is 5.96 Å². The van der Waals surface area contributed by atoms with Gasteiger partial charge in [-0.3, -0.25) is 4.99 Å². The molecular formula is C18H25BrN4O2S. The average Bonchev–Trinajstić information content (AvgIpc) is 3.10. The van der Waals surface area contributed by atoms with Crippen LogP contribution in [0.15, 0.2) is 33.0 Å². The summed E-state index contributed by atoms with van der Waals surface area (Å²) in [5.74, 6) is 1.63. The van der Waals surface area contributed by atoms with Gasteiger partial charge in [-0.25, -0.2) is 4.98 Å². The van der Waals surface area contributed by atoms with Crippen molar-refractivity contribution in [3.63, 3.8) is 0 Å². The molecule has 0 amide bonds. The third-order valence-corrected chi connectivity index (χ3v) is 5.58. The standard InChI is InChI=1S/C18H25BrN4O2S/c1-12(24-4)17-22-14(11-26-17)10-23(3)18(20-2)21-9-13-6-7-16(25-5)15(19)8-13/h6-8,11-12H,9-10H2,1-5H3,(H,20,21). The molecule has 0 saturated heterocycles. The summed E-state index contributed by atoms with van der Waals surface area (Å²) in [5.41, 5.74) is 2.14. The minimum absolute atomic E-state index is 0.0185. The second-order valence-corrected chi connectivity index (χ2v) is 7.52. The summed E-state index contributed by atoms with van der Waals surface area (Å²) in [6, 6.07) is 6.02. The molecular weight excluding hydrogens is 416 g/mol. The smallest absolute Gasteiger partial charge is 0.194 e. The van der Waals surface area contributed by atoms with E-state index in [1.54, 1.807) is 32.6 Å². The fourth-order valence-corrected chi connectivity index (χ4v) is 3.82. The fourth-order valence-electron chi connectivity index (χ4n) is 2.39. The van der Waals surface area contributed by atoms with Crippen LogP contribution in [-0.2, 0) is 17.8 Å². The summed E-state index contributed by atoms with van der Waals surface area (Å²) in [5, 5.41) is 6.43. The van der Waals surface area contributed by atoms with Crippen LogP contribution in [0.5, 0.6) is 5.75 Å². The first kappa shape index (κ1) is 20.7. The van der Waals surface area contributed by atoms with E-state index in [-0.39, 0.29) is 6.10 Å². The molecule has 1 aromatic carbocycles. The van der Waals surface area contributed by atoms with E-state index in [2.05, 4.69) is 41.5 Å². The van der Waals surface area contributed by atoms with Crippen LogP contribution < -0.4 is 10.1 Å². The number of thiazole rings is 1. The summed E-state index contributed by atoms with van der Waals surface area (Å²) >= 11 is 5.13. The van der Waals surface area contributed by atoms with Crippen molar-refractivity contribution in [3.8, 4) is 5.75 Å². The molecule has 1 heterocycles. The van der Waals surface area contributed by atoms with E-state index in [4.69, 9.17) is 9.47 Å². The Balaban J connectivity index is 1.95. The van der Waals surface area contributed by atoms with Crippen LogP contribution in [0.3, 0.4) is 0 Å². The molecule has 2 rings (SSSR count). The Morgan fingerprint density at radius 2 is 2.19 bits per heavy atom. The summed E-state index contributed by atoms with van der Waals surface area (Å²) in [7, 11) is 7.13. The van der Waals surface area contributed by atoms with Crippen LogP contribution >= 0.6 is 27.3 Å². The largest absolute Gasteiger partial charge is 0.496 e. The van der Waals surface area contributed by atoms with Crippen LogP contribution in [0.4, 0.5) is 0 Å². The van der Waals surface area contributed by atoms with Crippen molar-refractivity contribution in [2.75, 3.05) is 28.3 Å². The molecule has 26 heavy (non-hydrogen) atoms. The number of aliphatic imine (C=N–C) groups is 1. The highest BCUT2D eigenvalue weighted by Gasteiger charge is 2.13. The van der Waals surface area contributed by atoms with E-state index in [1.165, 1.54) is 0 Å². The third-order valence-electron chi connectivity index (χ3n) is 3.91. The van der Waals surface area contributed by atoms with Gasteiger partial charge in [0.05, 0.1) is 23.8 Å². The molecule has 1 atom stereocenters. The van der Waals surface area contributed by atoms with Crippen molar-refractivity contribution >= 4 is 33.2 Å². The molecule has 0 saturated carbocycles. The summed E-state index contributed by atoms with van der Waals surface area (Å²) < 4.78 is 11.5. The van der Waals surface area contributed by atoms with Crippen LogP contribution in [0.1, 0.15) is 29.3 Å². The zero-order valence-electron chi connectivity index (χ0n) is 15.7. The molecule has 0 spiro atoms. The van der Waals surface area contributed by atoms with Gasteiger partial charge in [-0.05, 0) is 40.5 Å². The van der Waals surface area contributed by atoms with Gasteiger partial charge < -0.3 is 19.7 Å². The van der Waals surface area contributed by atoms with E-state index < -0.39 is 0 Å². The lowest BCUT2D eigenvalue weighted by Gasteiger charge is -2.21. The van der Waals surface area contributed by atoms with Crippen molar-refractivity contribution in [3.05, 3.63) is 44.3 Å². The minimum Gasteiger partial charge on any atom is -0.496 e. The number of methoxy groups -OCH3 is 2. The van der Waals surface area contributed by atoms with Gasteiger partial charge in [0.2, 0.25) is 0 Å². The molecule has 0 bridgehead atoms. The molecule has 1 unspecified atom stereocenters. The van der Waals surface area contributed by atoms with Gasteiger partial charge in [-0.1, -0.05) is 6.07 Å². The highest BCUT2D eigenvalue weighted by molar-refractivity contribution is 9.10. The number of guanidine groups is 1. The first-order chi connectivity index (χ1) is 12.5. The quantitative estimate of drug-likeness (QED) is 0.523. The Bertz CT molecular complexity index is 751. The second kappa shape index (κ2) is 9.89. The SMILES string of the molecule is CN=C(NCc1ccc(OC)c(Br)c1)N(C)Cc1csc(C(C)OC)n1. The summed E-state index contributed by atoms with van der Waals surface area (Å²) in [6.07, 6.45) is 0.0185.